The number of ether oxygens (including phenoxy) is 2. The Morgan fingerprint density at radius 3 is 2.67 bits per heavy atom. The summed E-state index contributed by atoms with van der Waals surface area (Å²) >= 11 is 0. The summed E-state index contributed by atoms with van der Waals surface area (Å²) in [5.74, 6) is 0.709. The number of nitrogen functional groups attached to an aromatic ring is 1. The average molecular weight is 443 g/mol. The molecule has 5 heteroatoms. The number of nitrogens with zero attached hydrogens (tertiary/aromatic N) is 1. The van der Waals surface area contributed by atoms with E-state index in [4.69, 9.17) is 15.2 Å². The topological polar surface area (TPSA) is 74.4 Å². The van der Waals surface area contributed by atoms with Crippen LogP contribution >= 0.6 is 0 Å². The minimum atomic E-state index is -0.374. The molecular formula is C28H30N2O3. The van der Waals surface area contributed by atoms with Crippen molar-refractivity contribution in [3.63, 3.8) is 0 Å². The highest BCUT2D eigenvalue weighted by Gasteiger charge is 2.46. The Hall–Kier alpha value is -3.18. The molecule has 5 rings (SSSR count). The second-order valence-electron chi connectivity index (χ2n) is 9.38. The molecular weight excluding hydrogens is 412 g/mol. The van der Waals surface area contributed by atoms with E-state index < -0.39 is 0 Å². The van der Waals surface area contributed by atoms with Crippen molar-refractivity contribution in [2.45, 2.75) is 50.2 Å². The van der Waals surface area contributed by atoms with E-state index in [9.17, 15) is 4.79 Å². The van der Waals surface area contributed by atoms with Crippen LogP contribution in [0.2, 0.25) is 0 Å². The van der Waals surface area contributed by atoms with Crippen LogP contribution in [0.5, 0.6) is 0 Å². The molecule has 3 aromatic rings. The Balaban J connectivity index is 1.22. The van der Waals surface area contributed by atoms with Crippen molar-refractivity contribution >= 4 is 11.7 Å². The lowest BCUT2D eigenvalue weighted by Crippen LogP contribution is -2.47. The predicted molar refractivity (Wildman–Crippen MR) is 128 cm³/mol. The van der Waals surface area contributed by atoms with Gasteiger partial charge in [0, 0.05) is 11.5 Å². The fourth-order valence-corrected chi connectivity index (χ4v) is 5.35. The lowest BCUT2D eigenvalue weighted by atomic mass is 9.67. The number of anilines is 1. The molecule has 0 spiro atoms. The van der Waals surface area contributed by atoms with Gasteiger partial charge in [0.2, 0.25) is 0 Å². The number of aromatic nitrogens is 1. The Morgan fingerprint density at radius 2 is 1.91 bits per heavy atom. The van der Waals surface area contributed by atoms with E-state index >= 15 is 0 Å². The third kappa shape index (κ3) is 4.93. The third-order valence-corrected chi connectivity index (χ3v) is 7.11. The second-order valence-corrected chi connectivity index (χ2v) is 9.38. The number of benzene rings is 2. The third-order valence-electron chi connectivity index (χ3n) is 7.11. The quantitative estimate of drug-likeness (QED) is 0.510. The summed E-state index contributed by atoms with van der Waals surface area (Å²) in [6.45, 7) is 0.965. The lowest BCUT2D eigenvalue weighted by Gasteiger charge is -2.48. The number of fused-ring (bicyclic) bond motifs is 2. The van der Waals surface area contributed by atoms with E-state index in [1.165, 1.54) is 12.0 Å². The second kappa shape index (κ2) is 9.36. The van der Waals surface area contributed by atoms with Crippen LogP contribution in [0.4, 0.5) is 5.69 Å². The molecule has 2 N–H and O–H groups in total. The number of carbonyl (C=O) groups is 1. The lowest BCUT2D eigenvalue weighted by molar-refractivity contribution is -0.168. The highest BCUT2D eigenvalue weighted by atomic mass is 16.5. The van der Waals surface area contributed by atoms with Crippen molar-refractivity contribution in [2.75, 3.05) is 12.3 Å². The molecule has 3 unspecified atom stereocenters. The van der Waals surface area contributed by atoms with E-state index in [-0.39, 0.29) is 11.6 Å². The molecule has 5 nitrogen and oxygen atoms in total. The van der Waals surface area contributed by atoms with Crippen molar-refractivity contribution < 1.29 is 14.3 Å². The molecule has 2 aliphatic rings. The van der Waals surface area contributed by atoms with E-state index in [0.717, 1.165) is 36.1 Å². The van der Waals surface area contributed by atoms with Crippen LogP contribution in [0.25, 0.3) is 11.3 Å². The number of hydrogen-bond donors (Lipinski definition) is 1. The molecule has 33 heavy (non-hydrogen) atoms. The molecule has 0 radical (unpaired) electrons. The maximum Gasteiger partial charge on any atom is 0.309 e. The van der Waals surface area contributed by atoms with Gasteiger partial charge in [0.05, 0.1) is 36.2 Å². The standard InChI is InChI=1S/C28H30N2O3/c29-24-12-13-26(30-17-24)22-10-8-21(9-11-22)25-19-33-28(14-4-7-23(25)15-28)16-27(31)32-18-20-5-2-1-3-6-20/h1-3,5-6,8-13,17,23,25H,4,7,14-16,18-19,29H2. The number of rotatable bonds is 6. The zero-order chi connectivity index (χ0) is 22.7. The molecule has 0 amide bonds. The first-order valence-corrected chi connectivity index (χ1v) is 11.8. The summed E-state index contributed by atoms with van der Waals surface area (Å²) in [5.41, 5.74) is 10.3. The summed E-state index contributed by atoms with van der Waals surface area (Å²) in [4.78, 5) is 17.0. The van der Waals surface area contributed by atoms with Crippen LogP contribution in [0.3, 0.4) is 0 Å². The van der Waals surface area contributed by atoms with Gasteiger partial charge in [0.1, 0.15) is 6.61 Å². The number of hydrogen-bond acceptors (Lipinski definition) is 5. The Bertz CT molecular complexity index is 1080. The van der Waals surface area contributed by atoms with Gasteiger partial charge in [-0.3, -0.25) is 9.78 Å². The van der Waals surface area contributed by atoms with E-state index in [2.05, 4.69) is 29.2 Å². The van der Waals surface area contributed by atoms with Crippen molar-refractivity contribution in [1.29, 1.82) is 0 Å². The smallest absolute Gasteiger partial charge is 0.309 e. The minimum absolute atomic E-state index is 0.168. The van der Waals surface area contributed by atoms with Gasteiger partial charge in [-0.25, -0.2) is 0 Å². The first kappa shape index (κ1) is 21.7. The summed E-state index contributed by atoms with van der Waals surface area (Å²) in [5, 5.41) is 0. The van der Waals surface area contributed by atoms with Gasteiger partial charge >= 0.3 is 5.97 Å². The van der Waals surface area contributed by atoms with Gasteiger partial charge < -0.3 is 15.2 Å². The molecule has 1 saturated heterocycles. The fourth-order valence-electron chi connectivity index (χ4n) is 5.35. The molecule has 1 aromatic heterocycles. The van der Waals surface area contributed by atoms with Crippen LogP contribution in [-0.2, 0) is 20.9 Å². The summed E-state index contributed by atoms with van der Waals surface area (Å²) < 4.78 is 12.0. The van der Waals surface area contributed by atoms with E-state index in [0.29, 0.717) is 37.2 Å². The van der Waals surface area contributed by atoms with Crippen LogP contribution in [0.15, 0.2) is 72.9 Å². The van der Waals surface area contributed by atoms with Crippen molar-refractivity contribution in [3.8, 4) is 11.3 Å². The highest BCUT2D eigenvalue weighted by molar-refractivity contribution is 5.71. The van der Waals surface area contributed by atoms with Gasteiger partial charge in [-0.05, 0) is 48.4 Å². The number of pyridine rings is 1. The van der Waals surface area contributed by atoms with Crippen molar-refractivity contribution in [2.24, 2.45) is 5.92 Å². The molecule has 170 valence electrons. The Morgan fingerprint density at radius 1 is 1.09 bits per heavy atom. The zero-order valence-electron chi connectivity index (χ0n) is 18.8. The van der Waals surface area contributed by atoms with Crippen LogP contribution in [0.1, 0.15) is 49.1 Å². The largest absolute Gasteiger partial charge is 0.461 e. The minimum Gasteiger partial charge on any atom is -0.461 e. The van der Waals surface area contributed by atoms with E-state index in [1.807, 2.05) is 42.5 Å². The number of esters is 1. The van der Waals surface area contributed by atoms with Gasteiger partial charge in [0.15, 0.2) is 0 Å². The van der Waals surface area contributed by atoms with Gasteiger partial charge in [-0.1, -0.05) is 61.0 Å². The summed E-state index contributed by atoms with van der Waals surface area (Å²) in [7, 11) is 0. The Kier molecular flexibility index (Phi) is 6.14. The average Bonchev–Trinajstić information content (AvgIpc) is 2.84. The summed E-state index contributed by atoms with van der Waals surface area (Å²) in [6, 6.07) is 22.3. The van der Waals surface area contributed by atoms with Crippen LogP contribution < -0.4 is 5.73 Å². The molecule has 2 aromatic carbocycles. The molecule has 2 bridgehead atoms. The highest BCUT2D eigenvalue weighted by Crippen LogP contribution is 2.48. The Labute approximate surface area is 194 Å². The maximum atomic E-state index is 12.6. The molecule has 1 saturated carbocycles. The fraction of sp³-hybridized carbons (Fsp3) is 0.357. The zero-order valence-corrected chi connectivity index (χ0v) is 18.8. The molecule has 2 fully saturated rings. The molecule has 2 heterocycles. The van der Waals surface area contributed by atoms with Gasteiger partial charge in [-0.15, -0.1) is 0 Å². The molecule has 3 atom stereocenters. The van der Waals surface area contributed by atoms with E-state index in [1.54, 1.807) is 6.20 Å². The maximum absolute atomic E-state index is 12.6. The first-order chi connectivity index (χ1) is 16.1. The summed E-state index contributed by atoms with van der Waals surface area (Å²) in [6.07, 6.45) is 6.13. The monoisotopic (exact) mass is 442 g/mol. The molecule has 1 aliphatic carbocycles. The normalized spacial score (nSPS) is 24.2. The van der Waals surface area contributed by atoms with Crippen LogP contribution in [-0.4, -0.2) is 23.2 Å². The van der Waals surface area contributed by atoms with Crippen LogP contribution in [0, 0.1) is 5.92 Å². The van der Waals surface area contributed by atoms with Crippen molar-refractivity contribution in [1.82, 2.24) is 4.98 Å². The molecule has 1 aliphatic heterocycles. The van der Waals surface area contributed by atoms with Gasteiger partial charge in [-0.2, -0.15) is 0 Å². The van der Waals surface area contributed by atoms with Crippen molar-refractivity contribution in [3.05, 3.63) is 84.1 Å². The predicted octanol–water partition coefficient (Wildman–Crippen LogP) is 5.51. The number of carbonyl (C=O) groups excluding carboxylic acids is 1. The first-order valence-electron chi connectivity index (χ1n) is 11.8. The van der Waals surface area contributed by atoms with Gasteiger partial charge in [0.25, 0.3) is 0 Å². The number of nitrogens with two attached hydrogens (primary N) is 1. The SMILES string of the molecule is Nc1ccc(-c2ccc(C3COC4(CC(=O)OCc5ccccc5)CCCC3C4)cc2)nc1.